The highest BCUT2D eigenvalue weighted by Crippen LogP contribution is 2.13. The van der Waals surface area contributed by atoms with E-state index in [1.165, 1.54) is 0 Å². The molecule has 0 heterocycles. The average molecular weight is 193 g/mol. The van der Waals surface area contributed by atoms with Crippen LogP contribution in [0.25, 0.3) is 0 Å². The van der Waals surface area contributed by atoms with Crippen LogP contribution in [-0.2, 0) is 9.84 Å². The molecule has 1 unspecified atom stereocenters. The quantitative estimate of drug-likeness (QED) is 0.692. The van der Waals surface area contributed by atoms with Crippen LogP contribution in [0.2, 0.25) is 0 Å². The Kier molecular flexibility index (Phi) is 3.65. The van der Waals surface area contributed by atoms with Crippen LogP contribution in [0, 0.1) is 0 Å². The van der Waals surface area contributed by atoms with Crippen molar-refractivity contribution in [3.05, 3.63) is 35.4 Å². The normalized spacial score (nSPS) is 12.2. The fraction of sp³-hybridized carbons (Fsp3) is 0.364. The largest absolute Gasteiger partial charge is 0.462 e. The molecule has 0 aromatic heterocycles. The van der Waals surface area contributed by atoms with E-state index in [2.05, 4.69) is 0 Å². The van der Waals surface area contributed by atoms with Crippen molar-refractivity contribution in [1.29, 1.82) is 0 Å². The summed E-state index contributed by atoms with van der Waals surface area (Å²) in [6.07, 6.45) is -0.758. The van der Waals surface area contributed by atoms with Crippen LogP contribution in [-0.4, -0.2) is 12.6 Å². The molecule has 0 aliphatic rings. The second-order valence-electron chi connectivity index (χ2n) is 2.98. The lowest BCUT2D eigenvalue weighted by atomic mass is 10.1. The summed E-state index contributed by atoms with van der Waals surface area (Å²) in [5.74, 6) is -0.349. The van der Waals surface area contributed by atoms with Crippen molar-refractivity contribution in [2.75, 3.05) is 6.61 Å². The van der Waals surface area contributed by atoms with Gasteiger partial charge in [-0.15, -0.1) is 0 Å². The molecule has 0 fully saturated rings. The predicted molar refractivity (Wildman–Crippen MR) is 51.5 cm³/mol. The fourth-order valence-corrected chi connectivity index (χ4v) is 1.10. The number of esters is 1. The van der Waals surface area contributed by atoms with E-state index in [0.29, 0.717) is 17.7 Å². The maximum atomic E-state index is 11.2. The molecule has 1 atom stereocenters. The maximum absolute atomic E-state index is 11.2. The first kappa shape index (κ1) is 10.7. The molecule has 1 radical (unpaired) electrons. The van der Waals surface area contributed by atoms with Gasteiger partial charge in [-0.05, 0) is 31.5 Å². The third-order valence-corrected chi connectivity index (χ3v) is 1.89. The molecule has 0 aliphatic heterocycles. The highest BCUT2D eigenvalue weighted by Gasteiger charge is 2.07. The van der Waals surface area contributed by atoms with Gasteiger partial charge in [-0.2, -0.15) is 0 Å². The van der Waals surface area contributed by atoms with Gasteiger partial charge < -0.3 is 4.74 Å². The molecule has 0 saturated heterocycles. The van der Waals surface area contributed by atoms with Crippen molar-refractivity contribution in [2.24, 2.45) is 0 Å². The summed E-state index contributed by atoms with van der Waals surface area (Å²) in [5, 5.41) is 11.0. The second-order valence-corrected chi connectivity index (χ2v) is 2.98. The number of rotatable bonds is 3. The van der Waals surface area contributed by atoms with Gasteiger partial charge in [-0.3, -0.25) is 0 Å². The Bertz CT molecular complexity index is 301. The molecule has 0 amide bonds. The van der Waals surface area contributed by atoms with Gasteiger partial charge >= 0.3 is 5.97 Å². The smallest absolute Gasteiger partial charge is 0.338 e. The average Bonchev–Trinajstić information content (AvgIpc) is 2.18. The summed E-state index contributed by atoms with van der Waals surface area (Å²) in [6.45, 7) is 3.68. The third-order valence-electron chi connectivity index (χ3n) is 1.89. The molecule has 75 valence electrons. The zero-order chi connectivity index (χ0) is 10.6. The topological polar surface area (TPSA) is 46.2 Å². The van der Waals surface area contributed by atoms with Crippen molar-refractivity contribution in [2.45, 2.75) is 20.0 Å². The molecule has 1 rings (SSSR count). The Morgan fingerprint density at radius 1 is 1.36 bits per heavy atom. The van der Waals surface area contributed by atoms with Gasteiger partial charge in [0.1, 0.15) is 6.10 Å². The van der Waals surface area contributed by atoms with Crippen molar-refractivity contribution in [3.8, 4) is 0 Å². The molecule has 3 heteroatoms. The van der Waals surface area contributed by atoms with E-state index in [4.69, 9.17) is 4.74 Å². The minimum atomic E-state index is -0.758. The molecule has 3 nitrogen and oxygen atoms in total. The zero-order valence-electron chi connectivity index (χ0n) is 8.32. The van der Waals surface area contributed by atoms with Gasteiger partial charge in [0.15, 0.2) is 0 Å². The SMILES string of the molecule is CCOC(=O)c1ccc(C(C)[O])cc1. The van der Waals surface area contributed by atoms with Crippen LogP contribution in [0.15, 0.2) is 24.3 Å². The van der Waals surface area contributed by atoms with Crippen LogP contribution >= 0.6 is 0 Å². The molecule has 0 saturated carbocycles. The lowest BCUT2D eigenvalue weighted by Crippen LogP contribution is -2.04. The van der Waals surface area contributed by atoms with Gasteiger partial charge in [0.2, 0.25) is 0 Å². The Morgan fingerprint density at radius 3 is 2.36 bits per heavy atom. The first-order valence-electron chi connectivity index (χ1n) is 4.58. The number of carbonyl (C=O) groups is 1. The molecule has 0 N–H and O–H groups in total. The van der Waals surface area contributed by atoms with E-state index < -0.39 is 6.10 Å². The number of hydrogen-bond acceptors (Lipinski definition) is 2. The van der Waals surface area contributed by atoms with Crippen molar-refractivity contribution in [3.63, 3.8) is 0 Å². The summed E-state index contributed by atoms with van der Waals surface area (Å²) in [5.41, 5.74) is 1.16. The standard InChI is InChI=1S/C11H13O3/c1-3-14-11(13)10-6-4-9(5-7-10)8(2)12/h4-8H,3H2,1-2H3. The summed E-state index contributed by atoms with van der Waals surface area (Å²) in [7, 11) is 0. The third kappa shape index (κ3) is 2.57. The van der Waals surface area contributed by atoms with Crippen LogP contribution in [0.4, 0.5) is 0 Å². The lowest BCUT2D eigenvalue weighted by Gasteiger charge is -2.04. The first-order valence-corrected chi connectivity index (χ1v) is 4.58. The zero-order valence-corrected chi connectivity index (χ0v) is 8.32. The molecule has 0 spiro atoms. The minimum Gasteiger partial charge on any atom is -0.462 e. The second kappa shape index (κ2) is 4.77. The molecule has 0 aliphatic carbocycles. The Balaban J connectivity index is 2.78. The Morgan fingerprint density at radius 2 is 1.93 bits per heavy atom. The van der Waals surface area contributed by atoms with E-state index >= 15 is 0 Å². The van der Waals surface area contributed by atoms with E-state index in [1.54, 1.807) is 38.1 Å². The molecular formula is C11H13O3. The number of ether oxygens (including phenoxy) is 1. The van der Waals surface area contributed by atoms with Crippen LogP contribution in [0.5, 0.6) is 0 Å². The van der Waals surface area contributed by atoms with Crippen molar-refractivity contribution >= 4 is 5.97 Å². The van der Waals surface area contributed by atoms with Crippen LogP contribution in [0.3, 0.4) is 0 Å². The van der Waals surface area contributed by atoms with Gasteiger partial charge in [0.25, 0.3) is 0 Å². The Labute approximate surface area is 83.3 Å². The summed E-state index contributed by atoms with van der Waals surface area (Å²) in [6, 6.07) is 6.54. The molecule has 0 bridgehead atoms. The van der Waals surface area contributed by atoms with E-state index in [0.717, 1.165) is 0 Å². The summed E-state index contributed by atoms with van der Waals surface area (Å²) in [4.78, 5) is 11.2. The molecule has 1 aromatic carbocycles. The van der Waals surface area contributed by atoms with Crippen LogP contribution in [0.1, 0.15) is 35.9 Å². The highest BCUT2D eigenvalue weighted by molar-refractivity contribution is 5.89. The van der Waals surface area contributed by atoms with Gasteiger partial charge in [-0.1, -0.05) is 12.1 Å². The van der Waals surface area contributed by atoms with Crippen molar-refractivity contribution in [1.82, 2.24) is 0 Å². The maximum Gasteiger partial charge on any atom is 0.338 e. The molecule has 1 aromatic rings. The van der Waals surface area contributed by atoms with Crippen LogP contribution < -0.4 is 0 Å². The van der Waals surface area contributed by atoms with E-state index in [-0.39, 0.29) is 5.97 Å². The number of carbonyl (C=O) groups excluding carboxylic acids is 1. The van der Waals surface area contributed by atoms with Crippen molar-refractivity contribution < 1.29 is 14.6 Å². The minimum absolute atomic E-state index is 0.349. The molecule has 14 heavy (non-hydrogen) atoms. The lowest BCUT2D eigenvalue weighted by molar-refractivity contribution is 0.0526. The Hall–Kier alpha value is -1.35. The highest BCUT2D eigenvalue weighted by atomic mass is 16.5. The van der Waals surface area contributed by atoms with Gasteiger partial charge in [-0.25, -0.2) is 9.90 Å². The fourth-order valence-electron chi connectivity index (χ4n) is 1.10. The van der Waals surface area contributed by atoms with E-state index in [1.807, 2.05) is 0 Å². The number of benzene rings is 1. The van der Waals surface area contributed by atoms with Gasteiger partial charge in [0.05, 0.1) is 12.2 Å². The monoisotopic (exact) mass is 193 g/mol. The van der Waals surface area contributed by atoms with E-state index in [9.17, 15) is 9.90 Å². The summed E-state index contributed by atoms with van der Waals surface area (Å²) >= 11 is 0. The van der Waals surface area contributed by atoms with Gasteiger partial charge in [0, 0.05) is 0 Å². The molecular weight excluding hydrogens is 180 g/mol. The summed E-state index contributed by atoms with van der Waals surface area (Å²) < 4.78 is 4.81. The first-order chi connectivity index (χ1) is 6.65. The number of hydrogen-bond donors (Lipinski definition) is 0. The predicted octanol–water partition coefficient (Wildman–Crippen LogP) is 2.35.